The third kappa shape index (κ3) is 5.80. The molecule has 4 heteroatoms. The van der Waals surface area contributed by atoms with Crippen LogP contribution in [0.4, 0.5) is 0 Å². The van der Waals surface area contributed by atoms with Gasteiger partial charge in [0.2, 0.25) is 0 Å². The Morgan fingerprint density at radius 2 is 1.58 bits per heavy atom. The van der Waals surface area contributed by atoms with Crippen LogP contribution in [0, 0.1) is 0 Å². The summed E-state index contributed by atoms with van der Waals surface area (Å²) in [5, 5.41) is 2.80. The Morgan fingerprint density at radius 1 is 0.885 bits per heavy atom. The van der Waals surface area contributed by atoms with Gasteiger partial charge >= 0.3 is 0 Å². The summed E-state index contributed by atoms with van der Waals surface area (Å²) >= 11 is 0. The lowest BCUT2D eigenvalue weighted by Crippen LogP contribution is -2.32. The summed E-state index contributed by atoms with van der Waals surface area (Å²) in [6, 6.07) is 17.8. The molecule has 3 rings (SSSR count). The first-order valence-electron chi connectivity index (χ1n) is 9.48. The summed E-state index contributed by atoms with van der Waals surface area (Å²) in [6.45, 7) is 0.914. The lowest BCUT2D eigenvalue weighted by Gasteiger charge is -2.22. The number of rotatable bonds is 8. The quantitative estimate of drug-likeness (QED) is 0.720. The summed E-state index contributed by atoms with van der Waals surface area (Å²) in [4.78, 5) is 11.9. The largest absolute Gasteiger partial charge is 0.492 e. The third-order valence-corrected chi connectivity index (χ3v) is 4.76. The number of hydrogen-bond donors (Lipinski definition) is 1. The van der Waals surface area contributed by atoms with E-state index in [0.29, 0.717) is 19.1 Å². The smallest absolute Gasteiger partial charge is 0.258 e. The van der Waals surface area contributed by atoms with Gasteiger partial charge in [-0.2, -0.15) is 0 Å². The highest BCUT2D eigenvalue weighted by Crippen LogP contribution is 2.33. The van der Waals surface area contributed by atoms with Gasteiger partial charge in [-0.3, -0.25) is 4.79 Å². The van der Waals surface area contributed by atoms with Crippen molar-refractivity contribution in [3.63, 3.8) is 0 Å². The van der Waals surface area contributed by atoms with Crippen LogP contribution in [0.3, 0.4) is 0 Å². The summed E-state index contributed by atoms with van der Waals surface area (Å²) in [5.74, 6) is 2.08. The molecule has 0 heterocycles. The summed E-state index contributed by atoms with van der Waals surface area (Å²) in [6.07, 6.45) is 6.60. The van der Waals surface area contributed by atoms with E-state index in [2.05, 4.69) is 17.4 Å². The molecule has 0 aliphatic heterocycles. The molecule has 4 nitrogen and oxygen atoms in total. The monoisotopic (exact) mass is 353 g/mol. The molecule has 1 N–H and O–H groups in total. The third-order valence-electron chi connectivity index (χ3n) is 4.76. The lowest BCUT2D eigenvalue weighted by atomic mass is 9.84. The average molecular weight is 353 g/mol. The van der Waals surface area contributed by atoms with Gasteiger partial charge in [-0.1, -0.05) is 49.6 Å². The van der Waals surface area contributed by atoms with Gasteiger partial charge in [-0.05, 0) is 48.6 Å². The van der Waals surface area contributed by atoms with E-state index in [1.54, 1.807) is 0 Å². The highest BCUT2D eigenvalue weighted by molar-refractivity contribution is 5.77. The fraction of sp³-hybridized carbons (Fsp3) is 0.409. The minimum Gasteiger partial charge on any atom is -0.492 e. The first-order chi connectivity index (χ1) is 12.8. The van der Waals surface area contributed by atoms with Crippen LogP contribution in [0.15, 0.2) is 54.6 Å². The van der Waals surface area contributed by atoms with E-state index in [4.69, 9.17) is 9.47 Å². The number of amides is 1. The van der Waals surface area contributed by atoms with Crippen molar-refractivity contribution in [3.8, 4) is 11.5 Å². The molecule has 0 saturated heterocycles. The van der Waals surface area contributed by atoms with E-state index < -0.39 is 0 Å². The van der Waals surface area contributed by atoms with Crippen LogP contribution in [-0.4, -0.2) is 25.7 Å². The van der Waals surface area contributed by atoms with Crippen molar-refractivity contribution >= 4 is 5.91 Å². The second-order valence-corrected chi connectivity index (χ2v) is 6.70. The molecule has 2 aromatic carbocycles. The highest BCUT2D eigenvalue weighted by Gasteiger charge is 2.15. The average Bonchev–Trinajstić information content (AvgIpc) is 2.71. The van der Waals surface area contributed by atoms with E-state index in [0.717, 1.165) is 11.5 Å². The predicted octanol–water partition coefficient (Wildman–Crippen LogP) is 4.31. The van der Waals surface area contributed by atoms with Crippen molar-refractivity contribution in [3.05, 3.63) is 60.2 Å². The van der Waals surface area contributed by atoms with Gasteiger partial charge in [-0.25, -0.2) is 0 Å². The van der Waals surface area contributed by atoms with Gasteiger partial charge in [0.15, 0.2) is 6.61 Å². The zero-order valence-electron chi connectivity index (χ0n) is 15.2. The van der Waals surface area contributed by atoms with Gasteiger partial charge in [0.25, 0.3) is 5.91 Å². The zero-order valence-corrected chi connectivity index (χ0v) is 15.2. The van der Waals surface area contributed by atoms with Gasteiger partial charge < -0.3 is 14.8 Å². The second-order valence-electron chi connectivity index (χ2n) is 6.70. The first-order valence-corrected chi connectivity index (χ1v) is 9.48. The van der Waals surface area contributed by atoms with E-state index >= 15 is 0 Å². The van der Waals surface area contributed by atoms with Gasteiger partial charge in [0, 0.05) is 0 Å². The van der Waals surface area contributed by atoms with Crippen molar-refractivity contribution in [2.45, 2.75) is 38.0 Å². The predicted molar refractivity (Wildman–Crippen MR) is 103 cm³/mol. The topological polar surface area (TPSA) is 47.6 Å². The molecule has 26 heavy (non-hydrogen) atoms. The van der Waals surface area contributed by atoms with E-state index in [-0.39, 0.29) is 12.5 Å². The Hall–Kier alpha value is -2.49. The molecule has 1 saturated carbocycles. The van der Waals surface area contributed by atoms with Crippen molar-refractivity contribution in [1.82, 2.24) is 5.32 Å². The summed E-state index contributed by atoms with van der Waals surface area (Å²) < 4.78 is 11.1. The second kappa shape index (κ2) is 9.85. The number of para-hydroxylation sites is 1. The maximum absolute atomic E-state index is 11.9. The van der Waals surface area contributed by atoms with Crippen LogP contribution in [0.1, 0.15) is 43.6 Å². The van der Waals surface area contributed by atoms with Gasteiger partial charge in [0.05, 0.1) is 6.54 Å². The molecule has 1 aliphatic rings. The Morgan fingerprint density at radius 3 is 2.31 bits per heavy atom. The molecule has 2 aromatic rings. The molecule has 0 unspecified atom stereocenters. The van der Waals surface area contributed by atoms with Crippen molar-refractivity contribution in [2.24, 2.45) is 0 Å². The summed E-state index contributed by atoms with van der Waals surface area (Å²) in [5.41, 5.74) is 1.39. The van der Waals surface area contributed by atoms with Crippen LogP contribution < -0.4 is 14.8 Å². The number of nitrogens with one attached hydrogen (secondary N) is 1. The molecule has 0 radical (unpaired) electrons. The fourth-order valence-corrected chi connectivity index (χ4v) is 3.35. The minimum absolute atomic E-state index is 0.0219. The van der Waals surface area contributed by atoms with Gasteiger partial charge in [-0.15, -0.1) is 0 Å². The minimum atomic E-state index is -0.141. The summed E-state index contributed by atoms with van der Waals surface area (Å²) in [7, 11) is 0. The molecule has 0 bridgehead atoms. The number of ether oxygens (including phenoxy) is 2. The van der Waals surface area contributed by atoms with Crippen LogP contribution in [0.2, 0.25) is 0 Å². The molecule has 138 valence electrons. The molecule has 0 aromatic heterocycles. The maximum atomic E-state index is 11.9. The standard InChI is InChI=1S/C22H27NO3/c24-22(23-15-16-25-20-9-5-2-6-10-20)17-26-21-13-11-19(12-14-21)18-7-3-1-4-8-18/h2,5-6,9-14,18H,1,3-4,7-8,15-17H2,(H,23,24). The lowest BCUT2D eigenvalue weighted by molar-refractivity contribution is -0.123. The number of carbonyl (C=O) groups excluding carboxylic acids is 1. The molecule has 0 spiro atoms. The van der Waals surface area contributed by atoms with E-state index in [1.807, 2.05) is 42.5 Å². The molecular formula is C22H27NO3. The van der Waals surface area contributed by atoms with Gasteiger partial charge in [0.1, 0.15) is 18.1 Å². The fourth-order valence-electron chi connectivity index (χ4n) is 3.35. The molecule has 1 aliphatic carbocycles. The van der Waals surface area contributed by atoms with Crippen LogP contribution in [0.5, 0.6) is 11.5 Å². The molecule has 0 atom stereocenters. The Kier molecular flexibility index (Phi) is 6.94. The SMILES string of the molecule is O=C(COc1ccc(C2CCCCC2)cc1)NCCOc1ccccc1. The maximum Gasteiger partial charge on any atom is 0.258 e. The van der Waals surface area contributed by atoms with Crippen LogP contribution in [0.25, 0.3) is 0 Å². The number of benzene rings is 2. The number of hydrogen-bond acceptors (Lipinski definition) is 3. The Bertz CT molecular complexity index is 664. The first kappa shape index (κ1) is 18.3. The Labute approximate surface area is 155 Å². The molecule has 1 fully saturated rings. The van der Waals surface area contributed by atoms with Crippen molar-refractivity contribution in [2.75, 3.05) is 19.8 Å². The highest BCUT2D eigenvalue weighted by atomic mass is 16.5. The van der Waals surface area contributed by atoms with E-state index in [9.17, 15) is 4.79 Å². The van der Waals surface area contributed by atoms with Crippen molar-refractivity contribution < 1.29 is 14.3 Å². The van der Waals surface area contributed by atoms with Crippen LogP contribution >= 0.6 is 0 Å². The van der Waals surface area contributed by atoms with E-state index in [1.165, 1.54) is 37.7 Å². The number of carbonyl (C=O) groups is 1. The van der Waals surface area contributed by atoms with Crippen LogP contribution in [-0.2, 0) is 4.79 Å². The van der Waals surface area contributed by atoms with Crippen molar-refractivity contribution in [1.29, 1.82) is 0 Å². The molecule has 1 amide bonds. The normalized spacial score (nSPS) is 14.6. The Balaban J connectivity index is 1.33. The molecular weight excluding hydrogens is 326 g/mol. The zero-order chi connectivity index (χ0) is 18.0.